The first-order valence-electron chi connectivity index (χ1n) is 6.32. The van der Waals surface area contributed by atoms with E-state index in [0.29, 0.717) is 6.42 Å². The lowest BCUT2D eigenvalue weighted by atomic mass is 9.88. The number of benzene rings is 1. The second kappa shape index (κ2) is 7.24. The molecule has 4 nitrogen and oxygen atoms in total. The van der Waals surface area contributed by atoms with Crippen LogP contribution in [0, 0.1) is 5.41 Å². The quantitative estimate of drug-likeness (QED) is 0.782. The highest BCUT2D eigenvalue weighted by molar-refractivity contribution is 9.10. The Morgan fingerprint density at radius 3 is 2.70 bits per heavy atom. The molecule has 0 radical (unpaired) electrons. The van der Waals surface area contributed by atoms with Crippen LogP contribution in [-0.4, -0.2) is 23.5 Å². The second-order valence-electron chi connectivity index (χ2n) is 4.83. The number of hydrogen-bond donors (Lipinski definition) is 2. The number of hydrogen-bond acceptors (Lipinski definition) is 2. The number of rotatable bonds is 6. The molecular weight excluding hydrogens is 322 g/mol. The smallest absolute Gasteiger partial charge is 0.311 e. The Kier molecular flexibility index (Phi) is 5.95. The van der Waals surface area contributed by atoms with Gasteiger partial charge >= 0.3 is 5.97 Å². The summed E-state index contributed by atoms with van der Waals surface area (Å²) in [6, 6.07) is 7.54. The summed E-state index contributed by atoms with van der Waals surface area (Å²) >= 11 is 3.35. The third-order valence-corrected chi connectivity index (χ3v) is 3.72. The molecular formula is C15H18BrNO3. The van der Waals surface area contributed by atoms with Gasteiger partial charge in [0.2, 0.25) is 5.91 Å². The predicted octanol–water partition coefficient (Wildman–Crippen LogP) is 3.08. The van der Waals surface area contributed by atoms with Crippen LogP contribution >= 0.6 is 15.9 Å². The van der Waals surface area contributed by atoms with Gasteiger partial charge in [0.25, 0.3) is 0 Å². The van der Waals surface area contributed by atoms with Gasteiger partial charge in [-0.1, -0.05) is 35.0 Å². The van der Waals surface area contributed by atoms with Crippen LogP contribution in [0.15, 0.2) is 34.8 Å². The van der Waals surface area contributed by atoms with Crippen molar-refractivity contribution in [2.24, 2.45) is 5.41 Å². The number of halogens is 1. The first kappa shape index (κ1) is 16.4. The van der Waals surface area contributed by atoms with E-state index in [2.05, 4.69) is 21.2 Å². The zero-order valence-electron chi connectivity index (χ0n) is 11.5. The number of carbonyl (C=O) groups is 2. The van der Waals surface area contributed by atoms with Crippen LogP contribution in [0.5, 0.6) is 0 Å². The summed E-state index contributed by atoms with van der Waals surface area (Å²) in [5.41, 5.74) is -0.0368. The molecule has 2 N–H and O–H groups in total. The van der Waals surface area contributed by atoms with Crippen molar-refractivity contribution >= 4 is 33.9 Å². The summed E-state index contributed by atoms with van der Waals surface area (Å²) in [5.74, 6) is -1.21. The third-order valence-electron chi connectivity index (χ3n) is 3.23. The van der Waals surface area contributed by atoms with Gasteiger partial charge < -0.3 is 10.4 Å². The van der Waals surface area contributed by atoms with Crippen molar-refractivity contribution in [1.29, 1.82) is 0 Å². The van der Waals surface area contributed by atoms with Gasteiger partial charge in [-0.15, -0.1) is 0 Å². The molecule has 20 heavy (non-hydrogen) atoms. The van der Waals surface area contributed by atoms with E-state index in [-0.39, 0.29) is 12.5 Å². The normalized spacial score (nSPS) is 13.9. The molecule has 0 spiro atoms. The van der Waals surface area contributed by atoms with Crippen molar-refractivity contribution in [1.82, 2.24) is 5.32 Å². The van der Waals surface area contributed by atoms with Crippen LogP contribution in [-0.2, 0) is 9.59 Å². The summed E-state index contributed by atoms with van der Waals surface area (Å²) in [7, 11) is 0. The molecule has 0 aromatic heterocycles. The Balaban J connectivity index is 2.58. The van der Waals surface area contributed by atoms with E-state index in [1.807, 2.05) is 24.3 Å². The molecule has 0 saturated heterocycles. The zero-order valence-corrected chi connectivity index (χ0v) is 13.1. The van der Waals surface area contributed by atoms with Gasteiger partial charge in [-0.25, -0.2) is 0 Å². The Labute approximate surface area is 127 Å². The molecule has 0 bridgehead atoms. The highest BCUT2D eigenvalue weighted by Gasteiger charge is 2.31. The van der Waals surface area contributed by atoms with Crippen LogP contribution in [0.1, 0.15) is 25.8 Å². The van der Waals surface area contributed by atoms with Gasteiger partial charge in [-0.05, 0) is 37.1 Å². The minimum absolute atomic E-state index is 0.112. The van der Waals surface area contributed by atoms with E-state index < -0.39 is 11.4 Å². The molecule has 0 aliphatic carbocycles. The predicted molar refractivity (Wildman–Crippen MR) is 82.2 cm³/mol. The minimum Gasteiger partial charge on any atom is -0.481 e. The number of amides is 1. The Hall–Kier alpha value is -1.62. The number of nitrogens with one attached hydrogen (secondary N) is 1. The molecule has 1 unspecified atom stereocenters. The zero-order chi connectivity index (χ0) is 15.2. The summed E-state index contributed by atoms with van der Waals surface area (Å²) in [4.78, 5) is 22.8. The van der Waals surface area contributed by atoms with Gasteiger partial charge in [0.05, 0.1) is 5.41 Å². The van der Waals surface area contributed by atoms with Crippen molar-refractivity contribution in [2.75, 3.05) is 6.54 Å². The molecule has 0 heterocycles. The van der Waals surface area contributed by atoms with Crippen molar-refractivity contribution in [3.63, 3.8) is 0 Å². The van der Waals surface area contributed by atoms with E-state index >= 15 is 0 Å². The topological polar surface area (TPSA) is 66.4 Å². The maximum Gasteiger partial charge on any atom is 0.311 e. The van der Waals surface area contributed by atoms with Gasteiger partial charge in [0, 0.05) is 17.1 Å². The van der Waals surface area contributed by atoms with E-state index in [0.717, 1.165) is 10.0 Å². The molecule has 1 aromatic rings. The summed E-state index contributed by atoms with van der Waals surface area (Å²) < 4.78 is 0.935. The Morgan fingerprint density at radius 2 is 2.15 bits per heavy atom. The monoisotopic (exact) mass is 339 g/mol. The lowest BCUT2D eigenvalue weighted by Gasteiger charge is -2.22. The fourth-order valence-electron chi connectivity index (χ4n) is 1.48. The van der Waals surface area contributed by atoms with Gasteiger partial charge in [-0.3, -0.25) is 9.59 Å². The number of carbonyl (C=O) groups excluding carboxylic acids is 1. The number of aliphatic carboxylic acids is 1. The maximum atomic E-state index is 11.7. The molecule has 0 saturated carbocycles. The third kappa shape index (κ3) is 4.81. The summed E-state index contributed by atoms with van der Waals surface area (Å²) in [6.07, 6.45) is 3.54. The van der Waals surface area contributed by atoms with Gasteiger partial charge in [0.15, 0.2) is 0 Å². The molecule has 108 valence electrons. The second-order valence-corrected chi connectivity index (χ2v) is 5.74. The minimum atomic E-state index is -0.931. The average molecular weight is 340 g/mol. The number of carboxylic acid groups (broad SMARTS) is 1. The molecule has 0 aliphatic rings. The maximum absolute atomic E-state index is 11.7. The number of carboxylic acids is 1. The first-order valence-corrected chi connectivity index (χ1v) is 7.11. The standard InChI is InChI=1S/C15H18BrNO3/c1-3-15(2,14(19)20)10-17-13(18)8-7-11-5-4-6-12(16)9-11/h4-9H,3,10H2,1-2H3,(H,17,18)(H,19,20)/b8-7+. The van der Waals surface area contributed by atoms with E-state index in [1.165, 1.54) is 6.08 Å². The molecule has 1 rings (SSSR count). The van der Waals surface area contributed by atoms with Crippen molar-refractivity contribution < 1.29 is 14.7 Å². The average Bonchev–Trinajstić information content (AvgIpc) is 2.42. The highest BCUT2D eigenvalue weighted by atomic mass is 79.9. The fraction of sp³-hybridized carbons (Fsp3) is 0.333. The van der Waals surface area contributed by atoms with E-state index in [9.17, 15) is 9.59 Å². The summed E-state index contributed by atoms with van der Waals surface area (Å²) in [6.45, 7) is 3.52. The molecule has 0 aliphatic heterocycles. The van der Waals surface area contributed by atoms with Crippen LogP contribution in [0.25, 0.3) is 6.08 Å². The van der Waals surface area contributed by atoms with E-state index in [1.54, 1.807) is 19.9 Å². The first-order chi connectivity index (χ1) is 9.37. The largest absolute Gasteiger partial charge is 0.481 e. The van der Waals surface area contributed by atoms with Crippen molar-refractivity contribution in [3.05, 3.63) is 40.4 Å². The lowest BCUT2D eigenvalue weighted by molar-refractivity contribution is -0.148. The fourth-order valence-corrected chi connectivity index (χ4v) is 1.89. The van der Waals surface area contributed by atoms with Crippen molar-refractivity contribution in [2.45, 2.75) is 20.3 Å². The van der Waals surface area contributed by atoms with Crippen LogP contribution in [0.2, 0.25) is 0 Å². The lowest BCUT2D eigenvalue weighted by Crippen LogP contribution is -2.40. The molecule has 0 fully saturated rings. The Morgan fingerprint density at radius 1 is 1.45 bits per heavy atom. The SMILES string of the molecule is CCC(C)(CNC(=O)/C=C/c1cccc(Br)c1)C(=O)O. The molecule has 1 aromatic carbocycles. The van der Waals surface area contributed by atoms with Gasteiger partial charge in [-0.2, -0.15) is 0 Å². The molecule has 1 atom stereocenters. The van der Waals surface area contributed by atoms with Crippen LogP contribution < -0.4 is 5.32 Å². The summed E-state index contributed by atoms with van der Waals surface area (Å²) in [5, 5.41) is 11.7. The van der Waals surface area contributed by atoms with Gasteiger partial charge in [0.1, 0.15) is 0 Å². The van der Waals surface area contributed by atoms with Crippen LogP contribution in [0.4, 0.5) is 0 Å². The van der Waals surface area contributed by atoms with Crippen LogP contribution in [0.3, 0.4) is 0 Å². The molecule has 1 amide bonds. The highest BCUT2D eigenvalue weighted by Crippen LogP contribution is 2.19. The Bertz CT molecular complexity index is 528. The van der Waals surface area contributed by atoms with E-state index in [4.69, 9.17) is 5.11 Å². The molecule has 5 heteroatoms. The van der Waals surface area contributed by atoms with Crippen molar-refractivity contribution in [3.8, 4) is 0 Å².